The van der Waals surface area contributed by atoms with Gasteiger partial charge in [-0.05, 0) is 17.8 Å². The third kappa shape index (κ3) is 2.38. The Labute approximate surface area is 95.4 Å². The van der Waals surface area contributed by atoms with Crippen LogP contribution in [0.25, 0.3) is 0 Å². The van der Waals surface area contributed by atoms with E-state index in [1.807, 2.05) is 0 Å². The molecule has 1 aliphatic carbocycles. The zero-order valence-corrected chi connectivity index (χ0v) is 11.1. The van der Waals surface area contributed by atoms with E-state index in [4.69, 9.17) is 0 Å². The lowest BCUT2D eigenvalue weighted by Crippen LogP contribution is -2.54. The lowest BCUT2D eigenvalue weighted by atomic mass is 9.70. The normalized spacial score (nSPS) is 39.2. The van der Waals surface area contributed by atoms with Gasteiger partial charge in [-0.2, -0.15) is 0 Å². The highest BCUT2D eigenvalue weighted by Crippen LogP contribution is 2.43. The smallest absolute Gasteiger partial charge is 0.0896 e. The first-order valence-corrected chi connectivity index (χ1v) is 6.76. The fraction of sp³-hybridized carbons (Fsp3) is 1.00. The molecule has 0 radical (unpaired) electrons. The van der Waals surface area contributed by atoms with Crippen molar-refractivity contribution in [2.24, 2.45) is 11.3 Å². The molecule has 1 aliphatic heterocycles. The first-order chi connectivity index (χ1) is 6.91. The van der Waals surface area contributed by atoms with E-state index in [0.29, 0.717) is 5.41 Å². The zero-order chi connectivity index (χ0) is 11.1. The van der Waals surface area contributed by atoms with E-state index in [1.165, 1.54) is 49.7 Å². The molecule has 0 aromatic carbocycles. The molecule has 2 aliphatic rings. The molecule has 1 heteroatoms. The Kier molecular flexibility index (Phi) is 2.87. The standard InChI is InChI=1S/C14H28N/c1-12-9-13(11-14(2,3)10-12)15(4)7-5-6-8-15/h12-13H,5-11H2,1-4H3/q+1. The Balaban J connectivity index is 2.08. The summed E-state index contributed by atoms with van der Waals surface area (Å²) in [6.07, 6.45) is 7.28. The van der Waals surface area contributed by atoms with E-state index < -0.39 is 0 Å². The van der Waals surface area contributed by atoms with Crippen molar-refractivity contribution in [3.63, 3.8) is 0 Å². The van der Waals surface area contributed by atoms with Crippen molar-refractivity contribution in [3.05, 3.63) is 0 Å². The quantitative estimate of drug-likeness (QED) is 0.582. The van der Waals surface area contributed by atoms with Crippen LogP contribution in [0.2, 0.25) is 0 Å². The van der Waals surface area contributed by atoms with E-state index in [1.54, 1.807) is 0 Å². The molecule has 0 aromatic heterocycles. The Morgan fingerprint density at radius 1 is 1.07 bits per heavy atom. The van der Waals surface area contributed by atoms with Gasteiger partial charge in [0.2, 0.25) is 0 Å². The number of quaternary nitrogens is 1. The molecule has 1 saturated carbocycles. The van der Waals surface area contributed by atoms with Crippen LogP contribution in [0.3, 0.4) is 0 Å². The third-order valence-corrected chi connectivity index (χ3v) is 4.83. The van der Waals surface area contributed by atoms with Gasteiger partial charge in [-0.3, -0.25) is 0 Å². The van der Waals surface area contributed by atoms with Crippen molar-refractivity contribution in [2.45, 2.75) is 58.9 Å². The van der Waals surface area contributed by atoms with Gasteiger partial charge in [-0.25, -0.2) is 0 Å². The summed E-state index contributed by atoms with van der Waals surface area (Å²) in [6.45, 7) is 10.3. The fourth-order valence-electron chi connectivity index (χ4n) is 4.19. The van der Waals surface area contributed by atoms with Crippen LogP contribution in [0.4, 0.5) is 0 Å². The maximum Gasteiger partial charge on any atom is 0.0896 e. The molecule has 2 unspecified atom stereocenters. The van der Waals surface area contributed by atoms with Crippen LogP contribution < -0.4 is 0 Å². The summed E-state index contributed by atoms with van der Waals surface area (Å²) < 4.78 is 1.38. The van der Waals surface area contributed by atoms with Crippen LogP contribution in [-0.4, -0.2) is 30.7 Å². The molecule has 2 atom stereocenters. The summed E-state index contributed by atoms with van der Waals surface area (Å²) in [4.78, 5) is 0. The molecule has 0 amide bonds. The predicted octanol–water partition coefficient (Wildman–Crippen LogP) is 3.44. The summed E-state index contributed by atoms with van der Waals surface area (Å²) in [6, 6.07) is 0.950. The van der Waals surface area contributed by atoms with Gasteiger partial charge in [0.1, 0.15) is 0 Å². The number of hydrogen-bond acceptors (Lipinski definition) is 0. The maximum absolute atomic E-state index is 2.51. The Morgan fingerprint density at radius 2 is 1.67 bits per heavy atom. The van der Waals surface area contributed by atoms with Gasteiger partial charge in [0.25, 0.3) is 0 Å². The van der Waals surface area contributed by atoms with Crippen LogP contribution in [0.5, 0.6) is 0 Å². The number of hydrogen-bond donors (Lipinski definition) is 0. The monoisotopic (exact) mass is 210 g/mol. The lowest BCUT2D eigenvalue weighted by Gasteiger charge is -2.47. The minimum absolute atomic E-state index is 0.589. The minimum atomic E-state index is 0.589. The summed E-state index contributed by atoms with van der Waals surface area (Å²) in [5.74, 6) is 0.939. The van der Waals surface area contributed by atoms with E-state index in [-0.39, 0.29) is 0 Å². The molecule has 2 fully saturated rings. The van der Waals surface area contributed by atoms with Crippen LogP contribution in [0.1, 0.15) is 52.9 Å². The largest absolute Gasteiger partial charge is 0.324 e. The molecule has 0 spiro atoms. The molecular formula is C14H28N+. The molecule has 0 bridgehead atoms. The van der Waals surface area contributed by atoms with E-state index in [9.17, 15) is 0 Å². The van der Waals surface area contributed by atoms with E-state index in [0.717, 1.165) is 12.0 Å². The van der Waals surface area contributed by atoms with Gasteiger partial charge in [-0.1, -0.05) is 20.8 Å². The lowest BCUT2D eigenvalue weighted by molar-refractivity contribution is -0.924. The maximum atomic E-state index is 2.51. The van der Waals surface area contributed by atoms with Crippen LogP contribution in [0, 0.1) is 11.3 Å². The van der Waals surface area contributed by atoms with Crippen LogP contribution in [0.15, 0.2) is 0 Å². The van der Waals surface area contributed by atoms with Crippen molar-refractivity contribution in [1.29, 1.82) is 0 Å². The highest BCUT2D eigenvalue weighted by molar-refractivity contribution is 4.84. The molecule has 0 N–H and O–H groups in total. The summed E-state index contributed by atoms with van der Waals surface area (Å²) in [5.41, 5.74) is 0.589. The molecule has 88 valence electrons. The van der Waals surface area contributed by atoms with E-state index in [2.05, 4.69) is 27.8 Å². The average Bonchev–Trinajstić information content (AvgIpc) is 2.49. The van der Waals surface area contributed by atoms with Crippen LogP contribution in [-0.2, 0) is 0 Å². The molecule has 1 heterocycles. The first-order valence-electron chi connectivity index (χ1n) is 6.76. The summed E-state index contributed by atoms with van der Waals surface area (Å²) >= 11 is 0. The highest BCUT2D eigenvalue weighted by atomic mass is 15.4. The SMILES string of the molecule is CC1CC([N+]2(C)CCCC2)CC(C)(C)C1. The number of nitrogens with zero attached hydrogens (tertiary/aromatic N) is 1. The first kappa shape index (κ1) is 11.4. The van der Waals surface area contributed by atoms with Gasteiger partial charge in [0.15, 0.2) is 0 Å². The second kappa shape index (κ2) is 3.76. The van der Waals surface area contributed by atoms with Crippen molar-refractivity contribution >= 4 is 0 Å². The van der Waals surface area contributed by atoms with Crippen molar-refractivity contribution in [1.82, 2.24) is 0 Å². The van der Waals surface area contributed by atoms with Gasteiger partial charge < -0.3 is 4.48 Å². The average molecular weight is 210 g/mol. The Bertz CT molecular complexity index is 225. The Hall–Kier alpha value is -0.0400. The fourth-order valence-corrected chi connectivity index (χ4v) is 4.19. The van der Waals surface area contributed by atoms with Crippen molar-refractivity contribution in [3.8, 4) is 0 Å². The summed E-state index contributed by atoms with van der Waals surface area (Å²) in [7, 11) is 2.51. The van der Waals surface area contributed by atoms with Crippen molar-refractivity contribution in [2.75, 3.05) is 20.1 Å². The second-order valence-electron chi connectivity index (χ2n) is 7.20. The molecule has 1 saturated heterocycles. The zero-order valence-electron chi connectivity index (χ0n) is 11.1. The molecule has 1 nitrogen and oxygen atoms in total. The number of rotatable bonds is 1. The Morgan fingerprint density at radius 3 is 2.20 bits per heavy atom. The van der Waals surface area contributed by atoms with Crippen molar-refractivity contribution < 1.29 is 4.48 Å². The van der Waals surface area contributed by atoms with Gasteiger partial charge in [0, 0.05) is 25.7 Å². The molecule has 2 rings (SSSR count). The molecule has 15 heavy (non-hydrogen) atoms. The minimum Gasteiger partial charge on any atom is -0.324 e. The van der Waals surface area contributed by atoms with Crippen LogP contribution >= 0.6 is 0 Å². The second-order valence-corrected chi connectivity index (χ2v) is 7.20. The van der Waals surface area contributed by atoms with Gasteiger partial charge in [-0.15, -0.1) is 0 Å². The molecular weight excluding hydrogens is 182 g/mol. The van der Waals surface area contributed by atoms with Gasteiger partial charge in [0.05, 0.1) is 26.2 Å². The predicted molar refractivity (Wildman–Crippen MR) is 65.7 cm³/mol. The molecule has 0 aromatic rings. The van der Waals surface area contributed by atoms with E-state index >= 15 is 0 Å². The topological polar surface area (TPSA) is 0 Å². The highest BCUT2D eigenvalue weighted by Gasteiger charge is 2.43. The summed E-state index contributed by atoms with van der Waals surface area (Å²) in [5, 5.41) is 0. The van der Waals surface area contributed by atoms with Gasteiger partial charge >= 0.3 is 0 Å². The number of likely N-dealkylation sites (tertiary alicyclic amines) is 1. The third-order valence-electron chi connectivity index (χ3n) is 4.83.